The standard InChI is InChI=1S/C31H41FN7O7P/c1-18(27(41)43-16-30(2,3)4)37-47(42,46-21-14-10-12-19-11-8-9-13-20(19)21)44-15-22-24(40)31(5,32)28(45-22)39-17-34-23-25(38(6)7)35-29(33)36-26(23)39/h8-14,17-18,22,24,28,40H,15-16H2,1-7H3,(H,37,42)(H2,33,35,36)/t18-,22+,24+,28+,31+,47+/m0/s1. The van der Waals surface area contributed by atoms with Crippen molar-refractivity contribution in [3.05, 3.63) is 48.8 Å². The van der Waals surface area contributed by atoms with E-state index in [2.05, 4.69) is 20.0 Å². The number of aliphatic hydroxyl groups excluding tert-OH is 1. The average Bonchev–Trinajstić information content (AvgIpc) is 3.51. The molecule has 0 amide bonds. The third kappa shape index (κ3) is 7.34. The predicted molar refractivity (Wildman–Crippen MR) is 175 cm³/mol. The summed E-state index contributed by atoms with van der Waals surface area (Å²) in [5, 5.41) is 15.2. The number of aliphatic hydroxyl groups is 1. The second kappa shape index (κ2) is 13.0. The van der Waals surface area contributed by atoms with Crippen LogP contribution in [0.4, 0.5) is 16.2 Å². The average molecular weight is 674 g/mol. The van der Waals surface area contributed by atoms with E-state index < -0.39 is 50.5 Å². The zero-order valence-corrected chi connectivity index (χ0v) is 28.3. The molecule has 6 atom stereocenters. The number of hydrogen-bond donors (Lipinski definition) is 3. The predicted octanol–water partition coefficient (Wildman–Crippen LogP) is 4.39. The number of nitrogens with two attached hydrogens (primary N) is 1. The highest BCUT2D eigenvalue weighted by Gasteiger charge is 2.56. The summed E-state index contributed by atoms with van der Waals surface area (Å²) in [4.78, 5) is 27.3. The number of imidazole rings is 1. The number of nitrogens with zero attached hydrogens (tertiary/aromatic N) is 5. The summed E-state index contributed by atoms with van der Waals surface area (Å²) in [5.74, 6) is -0.106. The third-order valence-corrected chi connectivity index (χ3v) is 9.17. The topological polar surface area (TPSA) is 176 Å². The third-order valence-electron chi connectivity index (χ3n) is 7.54. The smallest absolute Gasteiger partial charge is 0.459 e. The molecule has 4 aromatic rings. The molecule has 4 N–H and O–H groups in total. The number of anilines is 2. The van der Waals surface area contributed by atoms with Crippen molar-refractivity contribution in [3.8, 4) is 5.75 Å². The summed E-state index contributed by atoms with van der Waals surface area (Å²) in [6, 6.07) is 11.4. The quantitative estimate of drug-likeness (QED) is 0.151. The van der Waals surface area contributed by atoms with Crippen LogP contribution in [0.25, 0.3) is 21.9 Å². The van der Waals surface area contributed by atoms with E-state index in [9.17, 15) is 14.5 Å². The lowest BCUT2D eigenvalue weighted by Crippen LogP contribution is -2.41. The van der Waals surface area contributed by atoms with Gasteiger partial charge in [-0.15, -0.1) is 0 Å². The Kier molecular flexibility index (Phi) is 9.50. The molecule has 47 heavy (non-hydrogen) atoms. The van der Waals surface area contributed by atoms with Gasteiger partial charge in [0.05, 0.1) is 19.5 Å². The molecular formula is C31H41FN7O7P. The Balaban J connectivity index is 1.41. The number of carbonyl (C=O) groups is 1. The van der Waals surface area contributed by atoms with Crippen molar-refractivity contribution < 1.29 is 37.4 Å². The van der Waals surface area contributed by atoms with Crippen LogP contribution in [-0.2, 0) is 23.4 Å². The van der Waals surface area contributed by atoms with Gasteiger partial charge in [-0.1, -0.05) is 57.2 Å². The summed E-state index contributed by atoms with van der Waals surface area (Å²) in [6.07, 6.45) is -3.16. The van der Waals surface area contributed by atoms with Crippen molar-refractivity contribution in [3.63, 3.8) is 0 Å². The first-order chi connectivity index (χ1) is 22.0. The fourth-order valence-corrected chi connectivity index (χ4v) is 6.64. The number of esters is 1. The first-order valence-electron chi connectivity index (χ1n) is 15.1. The number of aromatic nitrogens is 4. The second-order valence-corrected chi connectivity index (χ2v) is 14.8. The highest BCUT2D eigenvalue weighted by molar-refractivity contribution is 7.52. The number of nitrogens with one attached hydrogen (secondary N) is 1. The number of alkyl halides is 1. The summed E-state index contributed by atoms with van der Waals surface area (Å²) in [6.45, 7) is 7.90. The van der Waals surface area contributed by atoms with Gasteiger partial charge in [-0.3, -0.25) is 13.9 Å². The van der Waals surface area contributed by atoms with Crippen LogP contribution < -0.4 is 20.2 Å². The van der Waals surface area contributed by atoms with E-state index in [1.807, 2.05) is 39.0 Å². The molecule has 2 aromatic carbocycles. The van der Waals surface area contributed by atoms with Crippen molar-refractivity contribution in [2.45, 2.75) is 64.8 Å². The fourth-order valence-electron chi connectivity index (χ4n) is 5.12. The molecule has 0 radical (unpaired) electrons. The van der Waals surface area contributed by atoms with Gasteiger partial charge in [0.2, 0.25) is 5.95 Å². The van der Waals surface area contributed by atoms with Gasteiger partial charge in [0.1, 0.15) is 24.0 Å². The highest BCUT2D eigenvalue weighted by atomic mass is 31.2. The Bertz CT molecular complexity index is 1810. The van der Waals surface area contributed by atoms with Gasteiger partial charge in [-0.05, 0) is 30.7 Å². The van der Waals surface area contributed by atoms with Crippen LogP contribution in [0.2, 0.25) is 0 Å². The molecule has 1 fully saturated rings. The van der Waals surface area contributed by atoms with Crippen LogP contribution >= 0.6 is 7.75 Å². The van der Waals surface area contributed by atoms with Crippen molar-refractivity contribution in [2.24, 2.45) is 5.41 Å². The Morgan fingerprint density at radius 3 is 2.64 bits per heavy atom. The summed E-state index contributed by atoms with van der Waals surface area (Å²) < 4.78 is 55.1. The molecule has 0 saturated carbocycles. The van der Waals surface area contributed by atoms with E-state index in [1.54, 1.807) is 43.3 Å². The molecule has 1 saturated heterocycles. The van der Waals surface area contributed by atoms with Crippen LogP contribution in [0.1, 0.15) is 40.8 Å². The molecule has 1 aliphatic heterocycles. The Labute approximate surface area is 272 Å². The molecule has 0 unspecified atom stereocenters. The van der Waals surface area contributed by atoms with Gasteiger partial charge < -0.3 is 29.7 Å². The first-order valence-corrected chi connectivity index (χ1v) is 16.6. The SMILES string of the molecule is C[C@H](N[P@@](=O)(OC[C@H]1O[C@@H](n2cnc3c(N(C)C)nc(N)nc32)[C@](C)(F)[C@@H]1O)Oc1cccc2ccccc12)C(=O)OCC(C)(C)C. The minimum absolute atomic E-state index is 0.0605. The monoisotopic (exact) mass is 673 g/mol. The van der Waals surface area contributed by atoms with Gasteiger partial charge in [0, 0.05) is 19.5 Å². The normalized spacial score (nSPS) is 23.5. The molecule has 254 valence electrons. The number of nitrogen functional groups attached to an aromatic ring is 1. The number of ether oxygens (including phenoxy) is 2. The van der Waals surface area contributed by atoms with E-state index in [-0.39, 0.29) is 29.4 Å². The molecule has 5 rings (SSSR count). The Hall–Kier alpha value is -3.88. The Morgan fingerprint density at radius 1 is 1.23 bits per heavy atom. The van der Waals surface area contributed by atoms with E-state index >= 15 is 4.39 Å². The summed E-state index contributed by atoms with van der Waals surface area (Å²) >= 11 is 0. The molecule has 0 bridgehead atoms. The van der Waals surface area contributed by atoms with Crippen molar-refractivity contribution >= 4 is 47.4 Å². The maximum atomic E-state index is 16.3. The van der Waals surface area contributed by atoms with Gasteiger partial charge >= 0.3 is 13.7 Å². The van der Waals surface area contributed by atoms with Crippen LogP contribution in [0.5, 0.6) is 5.75 Å². The van der Waals surface area contributed by atoms with Crippen molar-refractivity contribution in [1.29, 1.82) is 0 Å². The van der Waals surface area contributed by atoms with Crippen molar-refractivity contribution in [1.82, 2.24) is 24.6 Å². The lowest BCUT2D eigenvalue weighted by molar-refractivity contribution is -0.148. The van der Waals surface area contributed by atoms with Crippen LogP contribution in [0.15, 0.2) is 48.8 Å². The molecule has 0 aliphatic carbocycles. The first kappa shape index (κ1) is 34.5. The van der Waals surface area contributed by atoms with Gasteiger partial charge in [-0.2, -0.15) is 15.1 Å². The zero-order valence-electron chi connectivity index (χ0n) is 27.4. The molecular weight excluding hydrogens is 632 g/mol. The zero-order chi connectivity index (χ0) is 34.3. The minimum Gasteiger partial charge on any atom is -0.464 e. The van der Waals surface area contributed by atoms with Crippen LogP contribution in [0, 0.1) is 5.41 Å². The summed E-state index contributed by atoms with van der Waals surface area (Å²) in [7, 11) is -0.909. The van der Waals surface area contributed by atoms with E-state index in [0.717, 1.165) is 5.39 Å². The van der Waals surface area contributed by atoms with Crippen molar-refractivity contribution in [2.75, 3.05) is 37.9 Å². The number of carbonyl (C=O) groups excluding carboxylic acids is 1. The van der Waals surface area contributed by atoms with Crippen LogP contribution in [0.3, 0.4) is 0 Å². The Morgan fingerprint density at radius 2 is 1.94 bits per heavy atom. The molecule has 3 heterocycles. The van der Waals surface area contributed by atoms with Crippen LogP contribution in [-0.4, -0.2) is 81.8 Å². The van der Waals surface area contributed by atoms with Gasteiger partial charge in [0.15, 0.2) is 28.9 Å². The minimum atomic E-state index is -4.41. The van der Waals surface area contributed by atoms with Gasteiger partial charge in [0.25, 0.3) is 0 Å². The van der Waals surface area contributed by atoms with E-state index in [0.29, 0.717) is 16.7 Å². The molecule has 2 aromatic heterocycles. The molecule has 16 heteroatoms. The lowest BCUT2D eigenvalue weighted by atomic mass is 9.98. The summed E-state index contributed by atoms with van der Waals surface area (Å²) in [5.41, 5.74) is 3.79. The lowest BCUT2D eigenvalue weighted by Gasteiger charge is -2.26. The van der Waals surface area contributed by atoms with E-state index in [1.165, 1.54) is 24.7 Å². The number of hydrogen-bond acceptors (Lipinski definition) is 12. The van der Waals surface area contributed by atoms with Gasteiger partial charge in [-0.25, -0.2) is 13.9 Å². The molecule has 14 nitrogen and oxygen atoms in total. The second-order valence-electron chi connectivity index (χ2n) is 13.1. The molecule has 1 aliphatic rings. The maximum absolute atomic E-state index is 16.3. The number of rotatable bonds is 11. The molecule has 0 spiro atoms. The number of fused-ring (bicyclic) bond motifs is 2. The maximum Gasteiger partial charge on any atom is 0.459 e. The van der Waals surface area contributed by atoms with E-state index in [4.69, 9.17) is 24.3 Å². The number of benzene rings is 2. The largest absolute Gasteiger partial charge is 0.464 e. The number of halogens is 1. The highest BCUT2D eigenvalue weighted by Crippen LogP contribution is 2.49. The fraction of sp³-hybridized carbons (Fsp3) is 0.484.